The summed E-state index contributed by atoms with van der Waals surface area (Å²) in [5.74, 6) is 0.914. The highest BCUT2D eigenvalue weighted by Crippen LogP contribution is 2.20. The zero-order valence-corrected chi connectivity index (χ0v) is 11.5. The van der Waals surface area contributed by atoms with Gasteiger partial charge in [-0.25, -0.2) is 0 Å². The summed E-state index contributed by atoms with van der Waals surface area (Å²) in [5, 5.41) is 3.24. The minimum Gasteiger partial charge on any atom is -0.489 e. The van der Waals surface area contributed by atoms with Crippen LogP contribution in [-0.4, -0.2) is 19.6 Å². The van der Waals surface area contributed by atoms with Crippen LogP contribution in [0.5, 0.6) is 5.75 Å². The summed E-state index contributed by atoms with van der Waals surface area (Å²) in [6.45, 7) is 5.71. The van der Waals surface area contributed by atoms with Gasteiger partial charge in [0.1, 0.15) is 12.4 Å². The molecule has 3 rings (SSSR count). The van der Waals surface area contributed by atoms with Crippen LogP contribution in [0.3, 0.4) is 0 Å². The van der Waals surface area contributed by atoms with Crippen LogP contribution >= 0.6 is 0 Å². The van der Waals surface area contributed by atoms with E-state index >= 15 is 0 Å². The SMILES string of the molecule is [CH]1CN(c2ccc(OCc3ccccc3)cc2)CCN1. The predicted molar refractivity (Wildman–Crippen MR) is 81.7 cm³/mol. The quantitative estimate of drug-likeness (QED) is 0.922. The van der Waals surface area contributed by atoms with Gasteiger partial charge in [0.15, 0.2) is 0 Å². The van der Waals surface area contributed by atoms with Crippen molar-refractivity contribution in [1.29, 1.82) is 0 Å². The molecule has 103 valence electrons. The van der Waals surface area contributed by atoms with Crippen molar-refractivity contribution in [3.8, 4) is 5.75 Å². The minimum absolute atomic E-state index is 0.613. The standard InChI is InChI=1S/C17H19N2O/c1-2-4-15(5-3-1)14-20-17-8-6-16(7-9-17)19-12-10-18-11-13-19/h1-10,18H,11-14H2. The molecule has 2 aromatic carbocycles. The van der Waals surface area contributed by atoms with Crippen molar-refractivity contribution >= 4 is 5.69 Å². The maximum atomic E-state index is 5.80. The molecule has 1 aliphatic rings. The number of nitrogens with zero attached hydrogens (tertiary/aromatic N) is 1. The molecule has 0 atom stereocenters. The van der Waals surface area contributed by atoms with E-state index in [1.54, 1.807) is 0 Å². The molecule has 3 heteroatoms. The minimum atomic E-state index is 0.613. The monoisotopic (exact) mass is 267 g/mol. The Morgan fingerprint density at radius 3 is 2.50 bits per heavy atom. The van der Waals surface area contributed by atoms with Crippen LogP contribution in [0.4, 0.5) is 5.69 Å². The average molecular weight is 267 g/mol. The fourth-order valence-electron chi connectivity index (χ4n) is 2.30. The van der Waals surface area contributed by atoms with Crippen molar-refractivity contribution in [3.05, 3.63) is 66.7 Å². The summed E-state index contributed by atoms with van der Waals surface area (Å²) < 4.78 is 5.80. The Bertz CT molecular complexity index is 518. The maximum Gasteiger partial charge on any atom is 0.119 e. The van der Waals surface area contributed by atoms with Gasteiger partial charge in [-0.05, 0) is 29.8 Å². The molecule has 20 heavy (non-hydrogen) atoms. The van der Waals surface area contributed by atoms with E-state index in [-0.39, 0.29) is 0 Å². The smallest absolute Gasteiger partial charge is 0.119 e. The van der Waals surface area contributed by atoms with Gasteiger partial charge in [-0.2, -0.15) is 0 Å². The van der Waals surface area contributed by atoms with Gasteiger partial charge in [-0.3, -0.25) is 0 Å². The van der Waals surface area contributed by atoms with Gasteiger partial charge < -0.3 is 15.0 Å². The molecule has 0 saturated carbocycles. The molecule has 1 N–H and O–H groups in total. The maximum absolute atomic E-state index is 5.80. The van der Waals surface area contributed by atoms with E-state index in [2.05, 4.69) is 41.0 Å². The van der Waals surface area contributed by atoms with Gasteiger partial charge in [0, 0.05) is 31.9 Å². The molecule has 2 aromatic rings. The van der Waals surface area contributed by atoms with Gasteiger partial charge in [0.05, 0.1) is 0 Å². The Morgan fingerprint density at radius 1 is 1.00 bits per heavy atom. The predicted octanol–water partition coefficient (Wildman–Crippen LogP) is 2.84. The Hall–Kier alpha value is -2.00. The molecular formula is C17H19N2O. The Labute approximate surface area is 120 Å². The second-order valence-corrected chi connectivity index (χ2v) is 4.87. The second-order valence-electron chi connectivity index (χ2n) is 4.87. The third kappa shape index (κ3) is 3.31. The van der Waals surface area contributed by atoms with Crippen LogP contribution in [0.2, 0.25) is 0 Å². The van der Waals surface area contributed by atoms with Gasteiger partial charge in [0.2, 0.25) is 0 Å². The highest BCUT2D eigenvalue weighted by molar-refractivity contribution is 5.49. The molecule has 1 heterocycles. The van der Waals surface area contributed by atoms with E-state index in [9.17, 15) is 0 Å². The second kappa shape index (κ2) is 6.44. The first-order valence-electron chi connectivity index (χ1n) is 6.98. The number of hydrogen-bond donors (Lipinski definition) is 1. The fraction of sp³-hybridized carbons (Fsp3) is 0.235. The molecule has 0 aromatic heterocycles. The third-order valence-corrected chi connectivity index (χ3v) is 3.43. The highest BCUT2D eigenvalue weighted by atomic mass is 16.5. The zero-order chi connectivity index (χ0) is 13.6. The molecule has 1 radical (unpaired) electrons. The van der Waals surface area contributed by atoms with Crippen LogP contribution in [-0.2, 0) is 6.61 Å². The number of piperazine rings is 1. The number of benzene rings is 2. The van der Waals surface area contributed by atoms with E-state index in [1.807, 2.05) is 30.3 Å². The summed E-state index contributed by atoms with van der Waals surface area (Å²) in [7, 11) is 0. The lowest BCUT2D eigenvalue weighted by Gasteiger charge is -2.29. The Morgan fingerprint density at radius 2 is 1.80 bits per heavy atom. The summed E-state index contributed by atoms with van der Waals surface area (Å²) >= 11 is 0. The molecule has 0 spiro atoms. The van der Waals surface area contributed by atoms with Crippen LogP contribution in [0.1, 0.15) is 5.56 Å². The van der Waals surface area contributed by atoms with Crippen molar-refractivity contribution in [2.75, 3.05) is 24.5 Å². The number of rotatable bonds is 4. The summed E-state index contributed by atoms with van der Waals surface area (Å²) in [6, 6.07) is 18.6. The van der Waals surface area contributed by atoms with Gasteiger partial charge in [-0.1, -0.05) is 30.3 Å². The molecule has 0 bridgehead atoms. The zero-order valence-electron chi connectivity index (χ0n) is 11.5. The lowest BCUT2D eigenvalue weighted by Crippen LogP contribution is -2.40. The molecule has 1 aliphatic heterocycles. The summed E-state index contributed by atoms with van der Waals surface area (Å²) in [5.41, 5.74) is 2.43. The van der Waals surface area contributed by atoms with Crippen molar-refractivity contribution in [2.45, 2.75) is 6.61 Å². The van der Waals surface area contributed by atoms with Crippen LogP contribution in [0.15, 0.2) is 54.6 Å². The lowest BCUT2D eigenvalue weighted by molar-refractivity contribution is 0.306. The molecule has 1 saturated heterocycles. The molecule has 1 fully saturated rings. The Balaban J connectivity index is 1.58. The lowest BCUT2D eigenvalue weighted by atomic mass is 10.2. The van der Waals surface area contributed by atoms with Crippen LogP contribution in [0.25, 0.3) is 0 Å². The third-order valence-electron chi connectivity index (χ3n) is 3.43. The number of nitrogens with one attached hydrogen (secondary N) is 1. The van der Waals surface area contributed by atoms with Crippen molar-refractivity contribution in [2.24, 2.45) is 0 Å². The number of hydrogen-bond acceptors (Lipinski definition) is 3. The molecule has 0 unspecified atom stereocenters. The normalized spacial score (nSPS) is 15.1. The topological polar surface area (TPSA) is 24.5 Å². The van der Waals surface area contributed by atoms with Gasteiger partial charge in [-0.15, -0.1) is 0 Å². The summed E-state index contributed by atoms with van der Waals surface area (Å²) in [4.78, 5) is 2.34. The van der Waals surface area contributed by atoms with Gasteiger partial charge >= 0.3 is 0 Å². The van der Waals surface area contributed by atoms with E-state index in [0.29, 0.717) is 6.61 Å². The largest absolute Gasteiger partial charge is 0.489 e. The first-order valence-corrected chi connectivity index (χ1v) is 6.98. The highest BCUT2D eigenvalue weighted by Gasteiger charge is 2.10. The summed E-state index contributed by atoms with van der Waals surface area (Å²) in [6.07, 6.45) is 0. The van der Waals surface area contributed by atoms with E-state index < -0.39 is 0 Å². The Kier molecular flexibility index (Phi) is 4.19. The van der Waals surface area contributed by atoms with Gasteiger partial charge in [0.25, 0.3) is 0 Å². The van der Waals surface area contributed by atoms with Crippen molar-refractivity contribution in [1.82, 2.24) is 5.32 Å². The molecule has 0 amide bonds. The van der Waals surface area contributed by atoms with E-state index in [0.717, 1.165) is 25.4 Å². The first kappa shape index (κ1) is 13.0. The number of ether oxygens (including phenoxy) is 1. The fourth-order valence-corrected chi connectivity index (χ4v) is 2.30. The van der Waals surface area contributed by atoms with Crippen LogP contribution < -0.4 is 15.0 Å². The van der Waals surface area contributed by atoms with E-state index in [1.165, 1.54) is 11.3 Å². The van der Waals surface area contributed by atoms with Crippen LogP contribution in [0, 0.1) is 6.54 Å². The first-order chi connectivity index (χ1) is 9.92. The molecule has 0 aliphatic carbocycles. The van der Waals surface area contributed by atoms with Crippen molar-refractivity contribution < 1.29 is 4.74 Å². The van der Waals surface area contributed by atoms with Crippen molar-refractivity contribution in [3.63, 3.8) is 0 Å². The molecular weight excluding hydrogens is 248 g/mol. The molecule has 3 nitrogen and oxygen atoms in total. The average Bonchev–Trinajstić information content (AvgIpc) is 2.55. The number of anilines is 1. The van der Waals surface area contributed by atoms with E-state index in [4.69, 9.17) is 4.74 Å².